The van der Waals surface area contributed by atoms with E-state index in [0.717, 1.165) is 24.5 Å². The maximum absolute atomic E-state index is 5.95. The molecule has 26 heavy (non-hydrogen) atoms. The Bertz CT molecular complexity index is 704. The first-order valence-electron chi connectivity index (χ1n) is 9.08. The quantitative estimate of drug-likeness (QED) is 0.668. The van der Waals surface area contributed by atoms with Gasteiger partial charge in [0.25, 0.3) is 0 Å². The summed E-state index contributed by atoms with van der Waals surface area (Å²) < 4.78 is 11.3. The number of nitrogens with zero attached hydrogens (tertiary/aromatic N) is 3. The van der Waals surface area contributed by atoms with Crippen molar-refractivity contribution in [2.45, 2.75) is 19.3 Å². The van der Waals surface area contributed by atoms with Gasteiger partial charge in [0.05, 0.1) is 19.9 Å². The number of ether oxygens (including phenoxy) is 2. The van der Waals surface area contributed by atoms with E-state index >= 15 is 0 Å². The predicted octanol–water partition coefficient (Wildman–Crippen LogP) is 3.14. The standard InChI is InChI=1S/C19H27N5O2/c1-20-15-6-7-21-18(12-15)23-19-13-16(17(25-2)14-22-19)26-11-5-10-24-8-3-4-9-24/h6-7,12-14H,3-5,8-11H2,1-2H3,(H2,20,21,22,23). The molecule has 0 amide bonds. The lowest BCUT2D eigenvalue weighted by atomic mass is 10.3. The fraction of sp³-hybridized carbons (Fsp3) is 0.474. The van der Waals surface area contributed by atoms with E-state index in [-0.39, 0.29) is 0 Å². The highest BCUT2D eigenvalue weighted by atomic mass is 16.5. The molecular weight excluding hydrogens is 330 g/mol. The molecule has 1 aliphatic rings. The van der Waals surface area contributed by atoms with E-state index in [4.69, 9.17) is 9.47 Å². The number of methoxy groups -OCH3 is 1. The monoisotopic (exact) mass is 357 g/mol. The van der Waals surface area contributed by atoms with Crippen LogP contribution in [0.4, 0.5) is 17.3 Å². The topological polar surface area (TPSA) is 71.5 Å². The van der Waals surface area contributed by atoms with E-state index in [9.17, 15) is 0 Å². The second kappa shape index (κ2) is 9.24. The molecular formula is C19H27N5O2. The maximum atomic E-state index is 5.95. The Kier molecular flexibility index (Phi) is 6.49. The van der Waals surface area contributed by atoms with E-state index in [1.54, 1.807) is 19.5 Å². The highest BCUT2D eigenvalue weighted by molar-refractivity contribution is 5.60. The van der Waals surface area contributed by atoms with Crippen molar-refractivity contribution in [1.29, 1.82) is 0 Å². The zero-order chi connectivity index (χ0) is 18.2. The van der Waals surface area contributed by atoms with E-state index in [1.165, 1.54) is 25.9 Å². The normalized spacial score (nSPS) is 14.2. The minimum absolute atomic E-state index is 0.633. The van der Waals surface area contributed by atoms with Gasteiger partial charge in [0.15, 0.2) is 11.5 Å². The molecule has 0 unspecified atom stereocenters. The van der Waals surface area contributed by atoms with Crippen LogP contribution in [-0.2, 0) is 0 Å². The summed E-state index contributed by atoms with van der Waals surface area (Å²) in [5.41, 5.74) is 0.981. The Morgan fingerprint density at radius 1 is 1.12 bits per heavy atom. The van der Waals surface area contributed by atoms with E-state index in [0.29, 0.717) is 23.9 Å². The third kappa shape index (κ3) is 4.98. The maximum Gasteiger partial charge on any atom is 0.179 e. The van der Waals surface area contributed by atoms with Crippen molar-refractivity contribution in [2.24, 2.45) is 0 Å². The summed E-state index contributed by atoms with van der Waals surface area (Å²) >= 11 is 0. The number of likely N-dealkylation sites (tertiary alicyclic amines) is 1. The minimum atomic E-state index is 0.633. The summed E-state index contributed by atoms with van der Waals surface area (Å²) in [5.74, 6) is 2.71. The molecule has 0 aliphatic carbocycles. The van der Waals surface area contributed by atoms with Crippen LogP contribution in [0, 0.1) is 0 Å². The SMILES string of the molecule is CNc1ccnc(Nc2cc(OCCCN3CCCC3)c(OC)cn2)c1. The van der Waals surface area contributed by atoms with Gasteiger partial charge in [0.2, 0.25) is 0 Å². The zero-order valence-electron chi connectivity index (χ0n) is 15.5. The summed E-state index contributed by atoms with van der Waals surface area (Å²) in [6.07, 6.45) is 7.04. The molecule has 0 spiro atoms. The molecule has 3 heterocycles. The third-order valence-electron chi connectivity index (χ3n) is 4.43. The van der Waals surface area contributed by atoms with Crippen molar-refractivity contribution in [3.63, 3.8) is 0 Å². The van der Waals surface area contributed by atoms with E-state index in [1.807, 2.05) is 25.2 Å². The fourth-order valence-corrected chi connectivity index (χ4v) is 3.02. The lowest BCUT2D eigenvalue weighted by Crippen LogP contribution is -2.21. The van der Waals surface area contributed by atoms with Gasteiger partial charge in [-0.25, -0.2) is 9.97 Å². The third-order valence-corrected chi connectivity index (χ3v) is 4.43. The van der Waals surface area contributed by atoms with Crippen LogP contribution >= 0.6 is 0 Å². The average Bonchev–Trinajstić information content (AvgIpc) is 3.19. The van der Waals surface area contributed by atoms with Gasteiger partial charge >= 0.3 is 0 Å². The van der Waals surface area contributed by atoms with Gasteiger partial charge < -0.3 is 25.0 Å². The van der Waals surface area contributed by atoms with Gasteiger partial charge in [-0.2, -0.15) is 0 Å². The highest BCUT2D eigenvalue weighted by Gasteiger charge is 2.12. The minimum Gasteiger partial charge on any atom is -0.491 e. The van der Waals surface area contributed by atoms with Crippen molar-refractivity contribution >= 4 is 17.3 Å². The summed E-state index contributed by atoms with van der Waals surface area (Å²) in [6, 6.07) is 5.67. The molecule has 1 saturated heterocycles. The Morgan fingerprint density at radius 2 is 1.92 bits per heavy atom. The van der Waals surface area contributed by atoms with Gasteiger partial charge in [-0.3, -0.25) is 0 Å². The van der Waals surface area contributed by atoms with Crippen LogP contribution in [-0.4, -0.2) is 55.3 Å². The van der Waals surface area contributed by atoms with Gasteiger partial charge in [-0.1, -0.05) is 0 Å². The van der Waals surface area contributed by atoms with Gasteiger partial charge in [-0.05, 0) is 38.4 Å². The zero-order valence-corrected chi connectivity index (χ0v) is 15.5. The van der Waals surface area contributed by atoms with E-state index < -0.39 is 0 Å². The lowest BCUT2D eigenvalue weighted by molar-refractivity contribution is 0.254. The summed E-state index contributed by atoms with van der Waals surface area (Å²) in [6.45, 7) is 4.17. The Balaban J connectivity index is 1.59. The van der Waals surface area contributed by atoms with Crippen LogP contribution in [0.2, 0.25) is 0 Å². The second-order valence-electron chi connectivity index (χ2n) is 6.28. The first-order chi connectivity index (χ1) is 12.8. The molecule has 1 aliphatic heterocycles. The number of nitrogens with one attached hydrogen (secondary N) is 2. The molecule has 2 aromatic rings. The molecule has 0 atom stereocenters. The Labute approximate surface area is 154 Å². The van der Waals surface area contributed by atoms with Crippen molar-refractivity contribution in [3.05, 3.63) is 30.6 Å². The smallest absolute Gasteiger partial charge is 0.179 e. The first kappa shape index (κ1) is 18.3. The van der Waals surface area contributed by atoms with Crippen molar-refractivity contribution in [3.8, 4) is 11.5 Å². The van der Waals surface area contributed by atoms with Gasteiger partial charge in [0, 0.05) is 37.6 Å². The number of aromatic nitrogens is 2. The summed E-state index contributed by atoms with van der Waals surface area (Å²) in [4.78, 5) is 11.2. The first-order valence-corrected chi connectivity index (χ1v) is 9.08. The number of hydrogen-bond acceptors (Lipinski definition) is 7. The average molecular weight is 357 g/mol. The lowest BCUT2D eigenvalue weighted by Gasteiger charge is -2.16. The second-order valence-corrected chi connectivity index (χ2v) is 6.28. The molecule has 0 saturated carbocycles. The molecule has 7 nitrogen and oxygen atoms in total. The number of hydrogen-bond donors (Lipinski definition) is 2. The van der Waals surface area contributed by atoms with Crippen LogP contribution in [0.15, 0.2) is 30.6 Å². The largest absolute Gasteiger partial charge is 0.491 e. The van der Waals surface area contributed by atoms with Crippen LogP contribution < -0.4 is 20.1 Å². The van der Waals surface area contributed by atoms with Crippen molar-refractivity contribution < 1.29 is 9.47 Å². The van der Waals surface area contributed by atoms with Gasteiger partial charge in [-0.15, -0.1) is 0 Å². The molecule has 0 aromatic carbocycles. The molecule has 7 heteroatoms. The molecule has 2 N–H and O–H groups in total. The molecule has 1 fully saturated rings. The Hall–Kier alpha value is -2.54. The summed E-state index contributed by atoms with van der Waals surface area (Å²) in [7, 11) is 3.50. The Morgan fingerprint density at radius 3 is 2.69 bits per heavy atom. The highest BCUT2D eigenvalue weighted by Crippen LogP contribution is 2.29. The molecule has 2 aromatic heterocycles. The van der Waals surface area contributed by atoms with E-state index in [2.05, 4.69) is 25.5 Å². The molecule has 3 rings (SSSR count). The summed E-state index contributed by atoms with van der Waals surface area (Å²) in [5, 5.41) is 6.29. The predicted molar refractivity (Wildman–Crippen MR) is 104 cm³/mol. The fourth-order valence-electron chi connectivity index (χ4n) is 3.02. The molecule has 0 radical (unpaired) electrons. The molecule has 140 valence electrons. The number of pyridine rings is 2. The number of anilines is 3. The number of rotatable bonds is 9. The van der Waals surface area contributed by atoms with Crippen LogP contribution in [0.1, 0.15) is 19.3 Å². The molecule has 0 bridgehead atoms. The van der Waals surface area contributed by atoms with Crippen LogP contribution in [0.5, 0.6) is 11.5 Å². The van der Waals surface area contributed by atoms with Crippen LogP contribution in [0.3, 0.4) is 0 Å². The van der Waals surface area contributed by atoms with Crippen molar-refractivity contribution in [2.75, 3.05) is 51.0 Å². The van der Waals surface area contributed by atoms with Crippen molar-refractivity contribution in [1.82, 2.24) is 14.9 Å². The van der Waals surface area contributed by atoms with Gasteiger partial charge in [0.1, 0.15) is 11.6 Å². The van der Waals surface area contributed by atoms with Crippen LogP contribution in [0.25, 0.3) is 0 Å².